The smallest absolute Gasteiger partial charge is 0.250 e. The van der Waals surface area contributed by atoms with Gasteiger partial charge in [-0.3, -0.25) is 9.59 Å². The molecule has 5 nitrogen and oxygen atoms in total. The maximum Gasteiger partial charge on any atom is 0.250 e. The van der Waals surface area contributed by atoms with Crippen LogP contribution in [0.25, 0.3) is 0 Å². The largest absolute Gasteiger partial charge is 0.386 e. The van der Waals surface area contributed by atoms with Crippen molar-refractivity contribution in [2.24, 2.45) is 0 Å². The Morgan fingerprint density at radius 1 is 1.17 bits per heavy atom. The van der Waals surface area contributed by atoms with Crippen molar-refractivity contribution < 1.29 is 18.7 Å². The van der Waals surface area contributed by atoms with Crippen molar-refractivity contribution >= 4 is 5.91 Å². The van der Waals surface area contributed by atoms with Crippen LogP contribution in [-0.2, 0) is 11.3 Å². The van der Waals surface area contributed by atoms with E-state index < -0.39 is 29.2 Å². The predicted octanol–water partition coefficient (Wildman–Crippen LogP) is 1.37. The zero-order valence-corrected chi connectivity index (χ0v) is 12.2. The van der Waals surface area contributed by atoms with Gasteiger partial charge in [0.05, 0.1) is 5.56 Å². The van der Waals surface area contributed by atoms with Gasteiger partial charge >= 0.3 is 0 Å². The van der Waals surface area contributed by atoms with E-state index in [1.807, 2.05) is 0 Å². The first-order chi connectivity index (χ1) is 11.0. The number of hydrogen-bond donors (Lipinski definition) is 2. The fourth-order valence-corrected chi connectivity index (χ4v) is 2.10. The molecule has 1 atom stereocenters. The summed E-state index contributed by atoms with van der Waals surface area (Å²) in [7, 11) is 0. The van der Waals surface area contributed by atoms with Crippen LogP contribution in [0.1, 0.15) is 18.1 Å². The van der Waals surface area contributed by atoms with Crippen LogP contribution in [0.5, 0.6) is 0 Å². The average molecular weight is 322 g/mol. The van der Waals surface area contributed by atoms with Crippen molar-refractivity contribution in [2.45, 2.75) is 19.1 Å². The summed E-state index contributed by atoms with van der Waals surface area (Å²) in [5.41, 5.74) is -0.708. The summed E-state index contributed by atoms with van der Waals surface area (Å²) in [6.45, 7) is -0.143. The molecule has 1 aromatic heterocycles. The highest BCUT2D eigenvalue weighted by Crippen LogP contribution is 2.19. The number of pyridine rings is 1. The van der Waals surface area contributed by atoms with Gasteiger partial charge in [-0.1, -0.05) is 12.1 Å². The Labute approximate surface area is 131 Å². The molecule has 0 bridgehead atoms. The van der Waals surface area contributed by atoms with Crippen LogP contribution in [0, 0.1) is 11.6 Å². The molecule has 1 aromatic carbocycles. The van der Waals surface area contributed by atoms with Gasteiger partial charge in [0.2, 0.25) is 5.91 Å². The molecule has 0 radical (unpaired) electrons. The molecule has 0 saturated heterocycles. The molecule has 0 saturated carbocycles. The van der Waals surface area contributed by atoms with Crippen LogP contribution in [0.2, 0.25) is 0 Å². The van der Waals surface area contributed by atoms with Crippen molar-refractivity contribution in [3.63, 3.8) is 0 Å². The van der Waals surface area contributed by atoms with E-state index in [2.05, 4.69) is 5.32 Å². The van der Waals surface area contributed by atoms with Crippen molar-refractivity contribution in [2.75, 3.05) is 6.54 Å². The lowest BCUT2D eigenvalue weighted by atomic mass is 10.1. The zero-order valence-electron chi connectivity index (χ0n) is 12.2. The molecule has 1 amide bonds. The van der Waals surface area contributed by atoms with Gasteiger partial charge < -0.3 is 15.0 Å². The zero-order chi connectivity index (χ0) is 16.8. The Kier molecular flexibility index (Phi) is 5.59. The molecule has 0 aliphatic rings. The molecule has 2 rings (SSSR count). The number of amides is 1. The minimum Gasteiger partial charge on any atom is -0.386 e. The van der Waals surface area contributed by atoms with Crippen LogP contribution in [0.15, 0.2) is 47.4 Å². The number of rotatable bonds is 6. The molecule has 0 aliphatic heterocycles. The molecule has 122 valence electrons. The Hall–Kier alpha value is -2.54. The lowest BCUT2D eigenvalue weighted by molar-refractivity contribution is -0.121. The van der Waals surface area contributed by atoms with E-state index in [4.69, 9.17) is 0 Å². The number of carbonyl (C=O) groups is 1. The minimum atomic E-state index is -1.49. The monoisotopic (exact) mass is 322 g/mol. The lowest BCUT2D eigenvalue weighted by Gasteiger charge is -2.14. The summed E-state index contributed by atoms with van der Waals surface area (Å²) >= 11 is 0. The number of aromatic nitrogens is 1. The number of nitrogens with zero attached hydrogens (tertiary/aromatic N) is 1. The summed E-state index contributed by atoms with van der Waals surface area (Å²) in [6, 6.07) is 7.90. The first-order valence-electron chi connectivity index (χ1n) is 7.03. The SMILES string of the molecule is O=C(CCn1ccccc1=O)NCC(O)c1c(F)cccc1F. The van der Waals surface area contributed by atoms with Gasteiger partial charge in [-0.05, 0) is 18.2 Å². The van der Waals surface area contributed by atoms with E-state index in [0.29, 0.717) is 0 Å². The van der Waals surface area contributed by atoms with Gasteiger partial charge in [-0.2, -0.15) is 0 Å². The fourth-order valence-electron chi connectivity index (χ4n) is 2.10. The predicted molar refractivity (Wildman–Crippen MR) is 79.6 cm³/mol. The quantitative estimate of drug-likeness (QED) is 0.844. The normalized spacial score (nSPS) is 12.0. The van der Waals surface area contributed by atoms with Crippen molar-refractivity contribution in [1.29, 1.82) is 0 Å². The number of aliphatic hydroxyl groups is 1. The Bertz CT molecular complexity index is 726. The maximum atomic E-state index is 13.5. The number of halogens is 2. The molecule has 23 heavy (non-hydrogen) atoms. The topological polar surface area (TPSA) is 71.3 Å². The third-order valence-corrected chi connectivity index (χ3v) is 3.30. The van der Waals surface area contributed by atoms with Gasteiger partial charge in [-0.25, -0.2) is 8.78 Å². The molecule has 1 unspecified atom stereocenters. The second-order valence-electron chi connectivity index (χ2n) is 4.94. The van der Waals surface area contributed by atoms with E-state index in [1.54, 1.807) is 18.3 Å². The summed E-state index contributed by atoms with van der Waals surface area (Å²) < 4.78 is 28.3. The number of hydrogen-bond acceptors (Lipinski definition) is 3. The number of aryl methyl sites for hydroxylation is 1. The Morgan fingerprint density at radius 3 is 2.52 bits per heavy atom. The first-order valence-corrected chi connectivity index (χ1v) is 7.03. The first kappa shape index (κ1) is 16.8. The van der Waals surface area contributed by atoms with E-state index in [0.717, 1.165) is 12.1 Å². The number of benzene rings is 1. The van der Waals surface area contributed by atoms with E-state index in [-0.39, 0.29) is 25.1 Å². The standard InChI is InChI=1S/C16H16F2N2O3/c17-11-4-3-5-12(18)16(11)13(21)10-19-14(22)7-9-20-8-2-1-6-15(20)23/h1-6,8,13,21H,7,9-10H2,(H,19,22). The van der Waals surface area contributed by atoms with Gasteiger partial charge in [0.15, 0.2) is 0 Å². The molecule has 7 heteroatoms. The number of aliphatic hydroxyl groups excluding tert-OH is 1. The highest BCUT2D eigenvalue weighted by molar-refractivity contribution is 5.75. The van der Waals surface area contributed by atoms with E-state index >= 15 is 0 Å². The van der Waals surface area contributed by atoms with Crippen LogP contribution in [-0.4, -0.2) is 22.1 Å². The molecule has 1 heterocycles. The fraction of sp³-hybridized carbons (Fsp3) is 0.250. The summed E-state index contributed by atoms with van der Waals surface area (Å²) in [5.74, 6) is -2.18. The van der Waals surface area contributed by atoms with Gasteiger partial charge in [0.25, 0.3) is 5.56 Å². The van der Waals surface area contributed by atoms with Gasteiger partial charge in [0, 0.05) is 31.8 Å². The van der Waals surface area contributed by atoms with E-state index in [9.17, 15) is 23.5 Å². The second-order valence-corrected chi connectivity index (χ2v) is 4.94. The molecule has 0 spiro atoms. The van der Waals surface area contributed by atoms with Gasteiger partial charge in [-0.15, -0.1) is 0 Å². The summed E-state index contributed by atoms with van der Waals surface area (Å²) in [4.78, 5) is 23.2. The molecule has 0 aliphatic carbocycles. The van der Waals surface area contributed by atoms with Crippen molar-refractivity contribution in [3.05, 3.63) is 70.1 Å². The Balaban J connectivity index is 1.87. The number of nitrogens with one attached hydrogen (secondary N) is 1. The molecular formula is C16H16F2N2O3. The molecule has 2 N–H and O–H groups in total. The number of carbonyl (C=O) groups excluding carboxylic acids is 1. The third-order valence-electron chi connectivity index (χ3n) is 3.30. The van der Waals surface area contributed by atoms with Crippen molar-refractivity contribution in [1.82, 2.24) is 9.88 Å². The molecule has 0 fully saturated rings. The average Bonchev–Trinajstić information content (AvgIpc) is 2.52. The molecule has 2 aromatic rings. The van der Waals surface area contributed by atoms with Crippen LogP contribution >= 0.6 is 0 Å². The third kappa shape index (κ3) is 4.46. The minimum absolute atomic E-state index is 0.0103. The highest BCUT2D eigenvalue weighted by Gasteiger charge is 2.18. The lowest BCUT2D eigenvalue weighted by Crippen LogP contribution is -2.30. The van der Waals surface area contributed by atoms with Crippen LogP contribution in [0.3, 0.4) is 0 Å². The Morgan fingerprint density at radius 2 is 1.87 bits per heavy atom. The van der Waals surface area contributed by atoms with Crippen molar-refractivity contribution in [3.8, 4) is 0 Å². The maximum absolute atomic E-state index is 13.5. The summed E-state index contributed by atoms with van der Waals surface area (Å²) in [5, 5.41) is 12.2. The summed E-state index contributed by atoms with van der Waals surface area (Å²) in [6.07, 6.45) is 0.0786. The van der Waals surface area contributed by atoms with Crippen LogP contribution < -0.4 is 10.9 Å². The van der Waals surface area contributed by atoms with Gasteiger partial charge in [0.1, 0.15) is 17.7 Å². The van der Waals surface area contributed by atoms with Crippen LogP contribution in [0.4, 0.5) is 8.78 Å². The van der Waals surface area contributed by atoms with E-state index in [1.165, 1.54) is 16.7 Å². The second kappa shape index (κ2) is 7.64. The highest BCUT2D eigenvalue weighted by atomic mass is 19.1. The molecular weight excluding hydrogens is 306 g/mol.